The second kappa shape index (κ2) is 11.1. The number of hydrogen-bond donors (Lipinski definition) is 1. The highest BCUT2D eigenvalue weighted by atomic mass is 35.5. The van der Waals surface area contributed by atoms with Crippen LogP contribution in [-0.2, 0) is 19.7 Å². The van der Waals surface area contributed by atoms with Gasteiger partial charge in [-0.3, -0.25) is 4.98 Å². The minimum absolute atomic E-state index is 0. The highest BCUT2D eigenvalue weighted by Crippen LogP contribution is 2.37. The smallest absolute Gasteiger partial charge is 0.180 e. The van der Waals surface area contributed by atoms with Gasteiger partial charge in [-0.05, 0) is 47.7 Å². The zero-order chi connectivity index (χ0) is 18.2. The van der Waals surface area contributed by atoms with E-state index in [9.17, 15) is 0 Å². The highest BCUT2D eigenvalue weighted by Gasteiger charge is 2.13. The summed E-state index contributed by atoms with van der Waals surface area (Å²) in [4.78, 5) is 5.26. The summed E-state index contributed by atoms with van der Waals surface area (Å²) in [6, 6.07) is 11.9. The first-order valence-corrected chi connectivity index (χ1v) is 9.72. The maximum Gasteiger partial charge on any atom is 0.180 e. The van der Waals surface area contributed by atoms with Crippen LogP contribution in [0.3, 0.4) is 0 Å². The highest BCUT2D eigenvalue weighted by molar-refractivity contribution is 7.09. The third-order valence-electron chi connectivity index (χ3n) is 3.69. The van der Waals surface area contributed by atoms with Crippen molar-refractivity contribution in [1.29, 1.82) is 0 Å². The molecular weight excluding hydrogens is 403 g/mol. The van der Waals surface area contributed by atoms with E-state index in [0.29, 0.717) is 36.3 Å². The molecule has 7 heteroatoms. The zero-order valence-corrected chi connectivity index (χ0v) is 17.4. The Kier molecular flexibility index (Phi) is 8.88. The summed E-state index contributed by atoms with van der Waals surface area (Å²) in [5.74, 6) is 1.27. The van der Waals surface area contributed by atoms with Gasteiger partial charge in [0.05, 0.1) is 11.6 Å². The van der Waals surface area contributed by atoms with Crippen molar-refractivity contribution in [2.75, 3.05) is 6.61 Å². The van der Waals surface area contributed by atoms with E-state index >= 15 is 0 Å². The van der Waals surface area contributed by atoms with Crippen molar-refractivity contribution in [3.63, 3.8) is 0 Å². The monoisotopic (exact) mass is 424 g/mol. The maximum absolute atomic E-state index is 6.47. The van der Waals surface area contributed by atoms with Gasteiger partial charge in [0.15, 0.2) is 11.5 Å². The summed E-state index contributed by atoms with van der Waals surface area (Å²) in [5.41, 5.74) is 2.19. The van der Waals surface area contributed by atoms with E-state index in [0.717, 1.165) is 22.5 Å². The van der Waals surface area contributed by atoms with Crippen molar-refractivity contribution in [3.05, 3.63) is 75.2 Å². The minimum Gasteiger partial charge on any atom is -0.490 e. The summed E-state index contributed by atoms with van der Waals surface area (Å²) in [5, 5.41) is 5.98. The third-order valence-corrected chi connectivity index (χ3v) is 4.82. The van der Waals surface area contributed by atoms with Crippen molar-refractivity contribution in [1.82, 2.24) is 10.3 Å². The molecule has 1 N–H and O–H groups in total. The average Bonchev–Trinajstić information content (AvgIpc) is 3.16. The van der Waals surface area contributed by atoms with Crippen LogP contribution in [0.15, 0.2) is 54.2 Å². The molecular formula is C20H22Cl2N2O2S. The molecule has 4 nitrogen and oxygen atoms in total. The van der Waals surface area contributed by atoms with E-state index in [1.807, 2.05) is 54.9 Å². The molecule has 0 fully saturated rings. The van der Waals surface area contributed by atoms with Gasteiger partial charge in [0, 0.05) is 30.4 Å². The van der Waals surface area contributed by atoms with Crippen LogP contribution in [0, 0.1) is 0 Å². The largest absolute Gasteiger partial charge is 0.490 e. The summed E-state index contributed by atoms with van der Waals surface area (Å²) in [7, 11) is 0. The molecule has 0 aliphatic heterocycles. The average molecular weight is 425 g/mol. The second-order valence-electron chi connectivity index (χ2n) is 5.67. The first-order chi connectivity index (χ1) is 12.8. The second-order valence-corrected chi connectivity index (χ2v) is 7.11. The first kappa shape index (κ1) is 21.5. The van der Waals surface area contributed by atoms with Gasteiger partial charge in [-0.25, -0.2) is 0 Å². The molecule has 0 amide bonds. The van der Waals surface area contributed by atoms with Crippen molar-refractivity contribution in [3.8, 4) is 11.5 Å². The number of halogens is 2. The van der Waals surface area contributed by atoms with E-state index in [1.54, 1.807) is 17.5 Å². The Hall–Kier alpha value is -1.79. The lowest BCUT2D eigenvalue weighted by molar-refractivity contribution is 0.271. The van der Waals surface area contributed by atoms with Crippen LogP contribution in [0.5, 0.6) is 11.5 Å². The molecule has 0 spiro atoms. The number of nitrogens with one attached hydrogen (secondary N) is 1. The van der Waals surface area contributed by atoms with Crippen LogP contribution in [0.4, 0.5) is 0 Å². The van der Waals surface area contributed by atoms with E-state index in [-0.39, 0.29) is 12.4 Å². The Bertz CT molecular complexity index is 814. The molecule has 0 saturated heterocycles. The van der Waals surface area contributed by atoms with E-state index < -0.39 is 0 Å². The fourth-order valence-electron chi connectivity index (χ4n) is 2.52. The predicted molar refractivity (Wildman–Crippen MR) is 113 cm³/mol. The Balaban J connectivity index is 0.00000261. The van der Waals surface area contributed by atoms with Crippen molar-refractivity contribution < 1.29 is 9.47 Å². The fourth-order valence-corrected chi connectivity index (χ4v) is 3.42. The molecule has 27 heavy (non-hydrogen) atoms. The predicted octanol–water partition coefficient (Wildman–Crippen LogP) is 5.49. The van der Waals surface area contributed by atoms with Gasteiger partial charge in [-0.15, -0.1) is 23.7 Å². The fraction of sp³-hybridized carbons (Fsp3) is 0.250. The van der Waals surface area contributed by atoms with Gasteiger partial charge < -0.3 is 14.8 Å². The molecule has 0 bridgehead atoms. The van der Waals surface area contributed by atoms with Crippen LogP contribution in [0.2, 0.25) is 5.02 Å². The van der Waals surface area contributed by atoms with E-state index in [4.69, 9.17) is 21.1 Å². The lowest BCUT2D eigenvalue weighted by Crippen LogP contribution is -2.13. The SMILES string of the molecule is CCOc1cc(CNCc2cccnc2)cc(Cl)c1OCc1cccs1.Cl. The summed E-state index contributed by atoms with van der Waals surface area (Å²) < 4.78 is 11.7. The number of rotatable bonds is 9. The quantitative estimate of drug-likeness (QED) is 0.493. The maximum atomic E-state index is 6.47. The van der Waals surface area contributed by atoms with E-state index in [1.165, 1.54) is 0 Å². The lowest BCUT2D eigenvalue weighted by Gasteiger charge is -2.15. The topological polar surface area (TPSA) is 43.4 Å². The number of aromatic nitrogens is 1. The Morgan fingerprint density at radius 3 is 2.67 bits per heavy atom. The first-order valence-electron chi connectivity index (χ1n) is 8.46. The third kappa shape index (κ3) is 6.40. The summed E-state index contributed by atoms with van der Waals surface area (Å²) in [6.07, 6.45) is 3.62. The van der Waals surface area contributed by atoms with Crippen LogP contribution in [-0.4, -0.2) is 11.6 Å². The van der Waals surface area contributed by atoms with Gasteiger partial charge in [0.2, 0.25) is 0 Å². The summed E-state index contributed by atoms with van der Waals surface area (Å²) >= 11 is 8.12. The van der Waals surface area contributed by atoms with Gasteiger partial charge in [0.25, 0.3) is 0 Å². The standard InChI is InChI=1S/C20H21ClN2O2S.ClH/c1-2-24-19-10-16(13-23-12-15-5-3-7-22-11-15)9-18(21)20(19)25-14-17-6-4-8-26-17;/h3-11,23H,2,12-14H2,1H3;1H. The molecule has 144 valence electrons. The number of hydrogen-bond acceptors (Lipinski definition) is 5. The van der Waals surface area contributed by atoms with Crippen LogP contribution in [0.25, 0.3) is 0 Å². The van der Waals surface area contributed by atoms with Crippen molar-refractivity contribution in [2.45, 2.75) is 26.6 Å². The van der Waals surface area contributed by atoms with Gasteiger partial charge in [0.1, 0.15) is 6.61 Å². The number of benzene rings is 1. The van der Waals surface area contributed by atoms with E-state index in [2.05, 4.69) is 10.3 Å². The van der Waals surface area contributed by atoms with Crippen molar-refractivity contribution in [2.24, 2.45) is 0 Å². The molecule has 2 heterocycles. The van der Waals surface area contributed by atoms with Gasteiger partial charge in [-0.1, -0.05) is 23.7 Å². The number of pyridine rings is 1. The molecule has 3 aromatic rings. The zero-order valence-electron chi connectivity index (χ0n) is 15.0. The molecule has 0 saturated carbocycles. The number of ether oxygens (including phenoxy) is 2. The minimum atomic E-state index is 0. The molecule has 0 radical (unpaired) electrons. The van der Waals surface area contributed by atoms with Crippen molar-refractivity contribution >= 4 is 35.3 Å². The Morgan fingerprint density at radius 1 is 1.11 bits per heavy atom. The summed E-state index contributed by atoms with van der Waals surface area (Å²) in [6.45, 7) is 4.41. The molecule has 2 aromatic heterocycles. The lowest BCUT2D eigenvalue weighted by atomic mass is 10.2. The van der Waals surface area contributed by atoms with Crippen LogP contribution >= 0.6 is 35.3 Å². The van der Waals surface area contributed by atoms with Crippen LogP contribution in [0.1, 0.15) is 22.9 Å². The molecule has 0 aliphatic rings. The molecule has 3 rings (SSSR count). The van der Waals surface area contributed by atoms with Gasteiger partial charge >= 0.3 is 0 Å². The van der Waals surface area contributed by atoms with Crippen LogP contribution < -0.4 is 14.8 Å². The number of nitrogens with zero attached hydrogens (tertiary/aromatic N) is 1. The number of thiophene rings is 1. The Morgan fingerprint density at radius 2 is 1.96 bits per heavy atom. The molecule has 0 aliphatic carbocycles. The molecule has 0 unspecified atom stereocenters. The molecule has 0 atom stereocenters. The Labute approximate surface area is 174 Å². The van der Waals surface area contributed by atoms with Gasteiger partial charge in [-0.2, -0.15) is 0 Å². The molecule has 1 aromatic carbocycles. The normalized spacial score (nSPS) is 10.3.